The zero-order valence-electron chi connectivity index (χ0n) is 12.3. The van der Waals surface area contributed by atoms with Gasteiger partial charge in [-0.15, -0.1) is 0 Å². The van der Waals surface area contributed by atoms with Crippen molar-refractivity contribution in [2.75, 3.05) is 18.8 Å². The molecule has 0 spiro atoms. The number of furan rings is 1. The van der Waals surface area contributed by atoms with Crippen molar-refractivity contribution < 1.29 is 9.21 Å². The molecule has 1 aliphatic rings. The van der Waals surface area contributed by atoms with Gasteiger partial charge < -0.3 is 20.0 Å². The molecular weight excluding hydrogens is 300 g/mol. The second kappa shape index (κ2) is 7.51. The average Bonchev–Trinajstić information content (AvgIpc) is 3.20. The fourth-order valence-corrected chi connectivity index (χ4v) is 3.35. The number of hydrogen-bond donors (Lipinski definition) is 3. The normalized spacial score (nSPS) is 17.2. The second-order valence-electron chi connectivity index (χ2n) is 5.18. The highest BCUT2D eigenvalue weighted by Crippen LogP contribution is 2.19. The number of aromatic nitrogens is 2. The summed E-state index contributed by atoms with van der Waals surface area (Å²) in [7, 11) is 0. The van der Waals surface area contributed by atoms with E-state index < -0.39 is 0 Å². The number of carbonyl (C=O) groups is 1. The zero-order chi connectivity index (χ0) is 15.2. The Labute approximate surface area is 133 Å². The van der Waals surface area contributed by atoms with Crippen molar-refractivity contribution in [3.8, 4) is 0 Å². The molecule has 0 fully saturated rings. The standard InChI is InChI=1S/C15H20N4O2S/c20-15(14-13-12(4-6-16-14)18-10-19-13)17-5-2-8-22-9-11-3-1-7-21-11/h1,3,7,10,14,16H,2,4-6,8-9H2,(H,17,20)(H,18,19)/t14-/m0/s1. The van der Waals surface area contributed by atoms with Crippen LogP contribution in [0.1, 0.15) is 29.6 Å². The Morgan fingerprint density at radius 1 is 1.55 bits per heavy atom. The number of imidazole rings is 1. The maximum atomic E-state index is 12.2. The van der Waals surface area contributed by atoms with Gasteiger partial charge in [0, 0.05) is 25.2 Å². The number of rotatable bonds is 7. The van der Waals surface area contributed by atoms with Crippen LogP contribution >= 0.6 is 11.8 Å². The van der Waals surface area contributed by atoms with Gasteiger partial charge in [-0.1, -0.05) is 0 Å². The summed E-state index contributed by atoms with van der Waals surface area (Å²) in [5.74, 6) is 2.87. The van der Waals surface area contributed by atoms with Gasteiger partial charge in [-0.05, 0) is 24.3 Å². The Morgan fingerprint density at radius 3 is 3.36 bits per heavy atom. The Bertz CT molecular complexity index is 596. The largest absolute Gasteiger partial charge is 0.468 e. The Hall–Kier alpha value is -1.73. The van der Waals surface area contributed by atoms with Gasteiger partial charge in [0.25, 0.3) is 0 Å². The first-order valence-electron chi connectivity index (χ1n) is 7.48. The molecule has 1 aliphatic heterocycles. The SMILES string of the molecule is O=C(NCCCSCc1ccco1)[C@H]1NCCc2[nH]cnc21. The van der Waals surface area contributed by atoms with E-state index >= 15 is 0 Å². The molecule has 7 heteroatoms. The molecule has 118 valence electrons. The monoisotopic (exact) mass is 320 g/mol. The van der Waals surface area contributed by atoms with Crippen molar-refractivity contribution in [2.45, 2.75) is 24.6 Å². The lowest BCUT2D eigenvalue weighted by atomic mass is 10.1. The molecule has 22 heavy (non-hydrogen) atoms. The molecule has 2 aromatic heterocycles. The molecule has 3 rings (SSSR count). The quantitative estimate of drug-likeness (QED) is 0.675. The lowest BCUT2D eigenvalue weighted by Crippen LogP contribution is -2.41. The van der Waals surface area contributed by atoms with Crippen LogP contribution in [0.3, 0.4) is 0 Å². The molecular formula is C15H20N4O2S. The van der Waals surface area contributed by atoms with Crippen LogP contribution in [0.25, 0.3) is 0 Å². The fourth-order valence-electron chi connectivity index (χ4n) is 2.49. The fraction of sp³-hybridized carbons (Fsp3) is 0.467. The molecule has 6 nitrogen and oxygen atoms in total. The number of nitrogens with zero attached hydrogens (tertiary/aromatic N) is 1. The lowest BCUT2D eigenvalue weighted by Gasteiger charge is -2.22. The summed E-state index contributed by atoms with van der Waals surface area (Å²) in [6.07, 6.45) is 5.18. The third-order valence-corrected chi connectivity index (χ3v) is 4.67. The van der Waals surface area contributed by atoms with Gasteiger partial charge in [-0.2, -0.15) is 11.8 Å². The van der Waals surface area contributed by atoms with Gasteiger partial charge in [0.05, 0.1) is 24.0 Å². The molecule has 1 atom stereocenters. The number of carbonyl (C=O) groups excluding carboxylic acids is 1. The minimum absolute atomic E-state index is 0.00378. The molecule has 0 aliphatic carbocycles. The first kappa shape index (κ1) is 15.2. The molecule has 0 radical (unpaired) electrons. The van der Waals surface area contributed by atoms with Gasteiger partial charge in [0.15, 0.2) is 0 Å². The Balaban J connectivity index is 1.35. The molecule has 2 aromatic rings. The van der Waals surface area contributed by atoms with Crippen LogP contribution in [0.5, 0.6) is 0 Å². The summed E-state index contributed by atoms with van der Waals surface area (Å²) in [4.78, 5) is 19.6. The highest BCUT2D eigenvalue weighted by Gasteiger charge is 2.27. The molecule has 0 aromatic carbocycles. The van der Waals surface area contributed by atoms with Crippen LogP contribution in [0.2, 0.25) is 0 Å². The number of aromatic amines is 1. The van der Waals surface area contributed by atoms with Crippen molar-refractivity contribution in [3.05, 3.63) is 41.9 Å². The average molecular weight is 320 g/mol. The van der Waals surface area contributed by atoms with Crippen molar-refractivity contribution in [1.29, 1.82) is 0 Å². The van der Waals surface area contributed by atoms with Gasteiger partial charge >= 0.3 is 0 Å². The Kier molecular flexibility index (Phi) is 5.18. The van der Waals surface area contributed by atoms with Crippen LogP contribution in [-0.2, 0) is 17.0 Å². The summed E-state index contributed by atoms with van der Waals surface area (Å²) >= 11 is 1.81. The van der Waals surface area contributed by atoms with Crippen molar-refractivity contribution in [2.24, 2.45) is 0 Å². The highest BCUT2D eigenvalue weighted by molar-refractivity contribution is 7.98. The molecule has 3 heterocycles. The highest BCUT2D eigenvalue weighted by atomic mass is 32.2. The van der Waals surface area contributed by atoms with E-state index in [2.05, 4.69) is 20.6 Å². The maximum Gasteiger partial charge on any atom is 0.243 e. The van der Waals surface area contributed by atoms with Crippen LogP contribution < -0.4 is 10.6 Å². The lowest BCUT2D eigenvalue weighted by molar-refractivity contribution is -0.123. The van der Waals surface area contributed by atoms with E-state index in [4.69, 9.17) is 4.42 Å². The first-order valence-corrected chi connectivity index (χ1v) is 8.63. The number of nitrogens with one attached hydrogen (secondary N) is 3. The predicted molar refractivity (Wildman–Crippen MR) is 85.5 cm³/mol. The Morgan fingerprint density at radius 2 is 2.50 bits per heavy atom. The van der Waals surface area contributed by atoms with Crippen molar-refractivity contribution in [3.63, 3.8) is 0 Å². The van der Waals surface area contributed by atoms with Crippen LogP contribution in [0.15, 0.2) is 29.1 Å². The molecule has 0 saturated carbocycles. The van der Waals surface area contributed by atoms with E-state index in [0.29, 0.717) is 6.54 Å². The van der Waals surface area contributed by atoms with E-state index in [-0.39, 0.29) is 11.9 Å². The number of fused-ring (bicyclic) bond motifs is 1. The number of thioether (sulfide) groups is 1. The molecule has 3 N–H and O–H groups in total. The number of H-pyrrole nitrogens is 1. The van der Waals surface area contributed by atoms with Gasteiger partial charge in [-0.25, -0.2) is 4.98 Å². The van der Waals surface area contributed by atoms with E-state index in [1.165, 1.54) is 0 Å². The van der Waals surface area contributed by atoms with Gasteiger partial charge in [0.2, 0.25) is 5.91 Å². The van der Waals surface area contributed by atoms with Crippen LogP contribution in [-0.4, -0.2) is 34.7 Å². The summed E-state index contributed by atoms with van der Waals surface area (Å²) < 4.78 is 5.27. The maximum absolute atomic E-state index is 12.2. The summed E-state index contributed by atoms with van der Waals surface area (Å²) in [5.41, 5.74) is 1.89. The number of hydrogen-bond acceptors (Lipinski definition) is 5. The molecule has 0 bridgehead atoms. The minimum Gasteiger partial charge on any atom is -0.468 e. The third-order valence-electron chi connectivity index (χ3n) is 3.60. The van der Waals surface area contributed by atoms with E-state index in [0.717, 1.165) is 48.0 Å². The van der Waals surface area contributed by atoms with E-state index in [1.807, 2.05) is 23.9 Å². The van der Waals surface area contributed by atoms with Gasteiger partial charge in [0.1, 0.15) is 11.8 Å². The van der Waals surface area contributed by atoms with Gasteiger partial charge in [-0.3, -0.25) is 4.79 Å². The van der Waals surface area contributed by atoms with Crippen LogP contribution in [0.4, 0.5) is 0 Å². The van der Waals surface area contributed by atoms with E-state index in [1.54, 1.807) is 12.6 Å². The van der Waals surface area contributed by atoms with E-state index in [9.17, 15) is 4.79 Å². The third kappa shape index (κ3) is 3.72. The summed E-state index contributed by atoms with van der Waals surface area (Å²) in [6, 6.07) is 3.55. The predicted octanol–water partition coefficient (Wildman–Crippen LogP) is 1.63. The van der Waals surface area contributed by atoms with Crippen molar-refractivity contribution in [1.82, 2.24) is 20.6 Å². The molecule has 0 unspecified atom stereocenters. The minimum atomic E-state index is -0.328. The first-order chi connectivity index (χ1) is 10.8. The second-order valence-corrected chi connectivity index (χ2v) is 6.29. The summed E-state index contributed by atoms with van der Waals surface area (Å²) in [6.45, 7) is 1.48. The molecule has 1 amide bonds. The topological polar surface area (TPSA) is 83.0 Å². The molecule has 0 saturated heterocycles. The number of amides is 1. The van der Waals surface area contributed by atoms with Crippen LogP contribution in [0, 0.1) is 0 Å². The smallest absolute Gasteiger partial charge is 0.243 e. The van der Waals surface area contributed by atoms with Crippen molar-refractivity contribution >= 4 is 17.7 Å². The zero-order valence-corrected chi connectivity index (χ0v) is 13.1. The summed E-state index contributed by atoms with van der Waals surface area (Å²) in [5, 5.41) is 6.20.